The van der Waals surface area contributed by atoms with Gasteiger partial charge in [-0.3, -0.25) is 4.79 Å². The molecule has 8 nitrogen and oxygen atoms in total. The number of amides is 1. The summed E-state index contributed by atoms with van der Waals surface area (Å²) in [5.41, 5.74) is 1.80. The van der Waals surface area contributed by atoms with Crippen LogP contribution in [0.3, 0.4) is 0 Å². The quantitative estimate of drug-likeness (QED) is 0.583. The summed E-state index contributed by atoms with van der Waals surface area (Å²) in [6.07, 6.45) is 4.91. The number of aromatic nitrogens is 2. The number of benzene rings is 2. The number of piperidine rings is 1. The number of ether oxygens (including phenoxy) is 1. The molecule has 0 spiro atoms. The van der Waals surface area contributed by atoms with Crippen molar-refractivity contribution in [2.75, 3.05) is 18.4 Å². The fourth-order valence-corrected chi connectivity index (χ4v) is 5.10. The van der Waals surface area contributed by atoms with Crippen molar-refractivity contribution in [1.29, 1.82) is 0 Å². The van der Waals surface area contributed by atoms with Crippen molar-refractivity contribution in [3.8, 4) is 11.8 Å². The van der Waals surface area contributed by atoms with Crippen molar-refractivity contribution in [3.63, 3.8) is 0 Å². The lowest BCUT2D eigenvalue weighted by Crippen LogP contribution is -2.37. The van der Waals surface area contributed by atoms with Gasteiger partial charge >= 0.3 is 6.01 Å². The molecule has 0 saturated carbocycles. The van der Waals surface area contributed by atoms with E-state index in [2.05, 4.69) is 22.2 Å². The normalized spacial score (nSPS) is 15.2. The molecule has 1 amide bonds. The average Bonchev–Trinajstić information content (AvgIpc) is 2.82. The first-order valence-corrected chi connectivity index (χ1v) is 12.2. The molecule has 2 aromatic carbocycles. The van der Waals surface area contributed by atoms with E-state index in [1.165, 1.54) is 28.6 Å². The van der Waals surface area contributed by atoms with Crippen LogP contribution in [0, 0.1) is 12.8 Å². The van der Waals surface area contributed by atoms with Crippen LogP contribution >= 0.6 is 0 Å². The number of aryl methyl sites for hydroxylation is 1. The molecule has 0 bridgehead atoms. The molecule has 1 aliphatic rings. The van der Waals surface area contributed by atoms with Crippen LogP contribution in [-0.4, -0.2) is 41.7 Å². The number of hydrogen-bond donors (Lipinski definition) is 1. The van der Waals surface area contributed by atoms with Crippen molar-refractivity contribution in [1.82, 2.24) is 14.3 Å². The SMILES string of the molecule is Cc1cc(Oc2ncccn2)ccc1NC(=O)c1ccc(S(=O)(=O)N2CCC(C)CC2)cc1. The van der Waals surface area contributed by atoms with Crippen LogP contribution in [0.4, 0.5) is 5.69 Å². The lowest BCUT2D eigenvalue weighted by atomic mass is 10.0. The Hall–Kier alpha value is -3.30. The maximum Gasteiger partial charge on any atom is 0.321 e. The van der Waals surface area contributed by atoms with Gasteiger partial charge in [0.1, 0.15) is 5.75 Å². The van der Waals surface area contributed by atoms with E-state index in [1.807, 2.05) is 6.92 Å². The zero-order chi connectivity index (χ0) is 23.4. The summed E-state index contributed by atoms with van der Waals surface area (Å²) in [6, 6.07) is 13.2. The average molecular weight is 467 g/mol. The summed E-state index contributed by atoms with van der Waals surface area (Å²) in [5, 5.41) is 2.86. The summed E-state index contributed by atoms with van der Waals surface area (Å²) in [4.78, 5) is 21.0. The molecule has 1 aliphatic heterocycles. The number of sulfonamides is 1. The van der Waals surface area contributed by atoms with E-state index in [4.69, 9.17) is 4.74 Å². The molecule has 1 aromatic heterocycles. The zero-order valence-corrected chi connectivity index (χ0v) is 19.4. The standard InChI is InChI=1S/C24H26N4O4S/c1-17-10-14-28(15-11-17)33(30,31)21-7-4-19(5-8-21)23(29)27-22-9-6-20(16-18(22)2)32-24-25-12-3-13-26-24/h3-9,12-13,16-17H,10-11,14-15H2,1-2H3,(H,27,29). The number of carbonyl (C=O) groups is 1. The van der Waals surface area contributed by atoms with Crippen LogP contribution in [0.2, 0.25) is 0 Å². The maximum absolute atomic E-state index is 12.9. The highest BCUT2D eigenvalue weighted by Gasteiger charge is 2.28. The molecule has 0 atom stereocenters. The first-order valence-electron chi connectivity index (χ1n) is 10.8. The van der Waals surface area contributed by atoms with Crippen molar-refractivity contribution < 1.29 is 17.9 Å². The van der Waals surface area contributed by atoms with E-state index < -0.39 is 10.0 Å². The van der Waals surface area contributed by atoms with Crippen LogP contribution in [0.1, 0.15) is 35.7 Å². The van der Waals surface area contributed by atoms with E-state index in [9.17, 15) is 13.2 Å². The topological polar surface area (TPSA) is 101 Å². The van der Waals surface area contributed by atoms with E-state index in [0.717, 1.165) is 18.4 Å². The van der Waals surface area contributed by atoms with Crippen molar-refractivity contribution >= 4 is 21.6 Å². The minimum Gasteiger partial charge on any atom is -0.424 e. The van der Waals surface area contributed by atoms with Crippen LogP contribution in [0.25, 0.3) is 0 Å². The van der Waals surface area contributed by atoms with Crippen LogP contribution < -0.4 is 10.1 Å². The van der Waals surface area contributed by atoms with E-state index in [-0.39, 0.29) is 16.8 Å². The third-order valence-electron chi connectivity index (χ3n) is 5.69. The van der Waals surface area contributed by atoms with Crippen molar-refractivity contribution in [3.05, 3.63) is 72.1 Å². The molecule has 4 rings (SSSR count). The van der Waals surface area contributed by atoms with E-state index >= 15 is 0 Å². The van der Waals surface area contributed by atoms with Gasteiger partial charge in [0.25, 0.3) is 5.91 Å². The molecule has 0 radical (unpaired) electrons. The maximum atomic E-state index is 12.9. The highest BCUT2D eigenvalue weighted by molar-refractivity contribution is 7.89. The highest BCUT2D eigenvalue weighted by atomic mass is 32.2. The Bertz CT molecular complexity index is 1220. The Labute approximate surface area is 193 Å². The Morgan fingerprint density at radius 1 is 1.06 bits per heavy atom. The van der Waals surface area contributed by atoms with E-state index in [0.29, 0.717) is 36.0 Å². The summed E-state index contributed by atoms with van der Waals surface area (Å²) in [7, 11) is -3.55. The molecule has 1 fully saturated rings. The van der Waals surface area contributed by atoms with Gasteiger partial charge in [0.15, 0.2) is 0 Å². The molecule has 0 aliphatic carbocycles. The Kier molecular flexibility index (Phi) is 6.71. The molecule has 1 N–H and O–H groups in total. The number of carbonyl (C=O) groups excluding carboxylic acids is 1. The third-order valence-corrected chi connectivity index (χ3v) is 7.61. The molecule has 3 aromatic rings. The zero-order valence-electron chi connectivity index (χ0n) is 18.6. The number of rotatable bonds is 6. The lowest BCUT2D eigenvalue weighted by Gasteiger charge is -2.29. The summed E-state index contributed by atoms with van der Waals surface area (Å²) >= 11 is 0. The van der Waals surface area contributed by atoms with Gasteiger partial charge in [-0.1, -0.05) is 6.92 Å². The fourth-order valence-electron chi connectivity index (χ4n) is 3.63. The number of anilines is 1. The second-order valence-corrected chi connectivity index (χ2v) is 10.1. The van der Waals surface area contributed by atoms with Gasteiger partial charge in [-0.15, -0.1) is 0 Å². The highest BCUT2D eigenvalue weighted by Crippen LogP contribution is 2.26. The van der Waals surface area contributed by atoms with Crippen LogP contribution in [0.15, 0.2) is 65.8 Å². The van der Waals surface area contributed by atoms with Gasteiger partial charge in [-0.2, -0.15) is 4.31 Å². The first-order chi connectivity index (χ1) is 15.8. The Morgan fingerprint density at radius 3 is 2.36 bits per heavy atom. The van der Waals surface area contributed by atoms with Gasteiger partial charge < -0.3 is 10.1 Å². The van der Waals surface area contributed by atoms with E-state index in [1.54, 1.807) is 36.7 Å². The predicted octanol–water partition coefficient (Wildman–Crippen LogP) is 4.25. The largest absolute Gasteiger partial charge is 0.424 e. The van der Waals surface area contributed by atoms with Gasteiger partial charge in [0.05, 0.1) is 4.90 Å². The molecule has 9 heteroatoms. The Morgan fingerprint density at radius 2 is 1.73 bits per heavy atom. The number of hydrogen-bond acceptors (Lipinski definition) is 6. The van der Waals surface area contributed by atoms with Gasteiger partial charge in [0.2, 0.25) is 10.0 Å². The molecule has 1 saturated heterocycles. The molecule has 33 heavy (non-hydrogen) atoms. The monoisotopic (exact) mass is 466 g/mol. The predicted molar refractivity (Wildman–Crippen MR) is 125 cm³/mol. The molecular formula is C24H26N4O4S. The summed E-state index contributed by atoms with van der Waals surface area (Å²) < 4.78 is 32.9. The second-order valence-electron chi connectivity index (χ2n) is 8.18. The second kappa shape index (κ2) is 9.68. The molecule has 172 valence electrons. The van der Waals surface area contributed by atoms with Crippen molar-refractivity contribution in [2.24, 2.45) is 5.92 Å². The summed E-state index contributed by atoms with van der Waals surface area (Å²) in [6.45, 7) is 5.04. The summed E-state index contributed by atoms with van der Waals surface area (Å²) in [5.74, 6) is 0.769. The van der Waals surface area contributed by atoms with Crippen molar-refractivity contribution in [2.45, 2.75) is 31.6 Å². The van der Waals surface area contributed by atoms with Gasteiger partial charge in [0, 0.05) is 36.7 Å². The number of nitrogens with one attached hydrogen (secondary N) is 1. The third kappa shape index (κ3) is 5.37. The van der Waals surface area contributed by atoms with Crippen LogP contribution in [0.5, 0.6) is 11.8 Å². The van der Waals surface area contributed by atoms with Gasteiger partial charge in [-0.05, 0) is 79.8 Å². The lowest BCUT2D eigenvalue weighted by molar-refractivity contribution is 0.102. The first kappa shape index (κ1) is 22.9. The minimum atomic E-state index is -3.55. The fraction of sp³-hybridized carbons (Fsp3) is 0.292. The molecule has 0 unspecified atom stereocenters. The van der Waals surface area contributed by atoms with Crippen LogP contribution in [-0.2, 0) is 10.0 Å². The molecular weight excluding hydrogens is 440 g/mol. The Balaban J connectivity index is 1.42. The van der Waals surface area contributed by atoms with Gasteiger partial charge in [-0.25, -0.2) is 18.4 Å². The smallest absolute Gasteiger partial charge is 0.321 e. The molecule has 2 heterocycles. The number of nitrogens with zero attached hydrogens (tertiary/aromatic N) is 3. The minimum absolute atomic E-state index is 0.203.